The lowest BCUT2D eigenvalue weighted by atomic mass is 10.2. The molecule has 132 valence electrons. The highest BCUT2D eigenvalue weighted by atomic mass is 79.9. The van der Waals surface area contributed by atoms with Crippen molar-refractivity contribution in [2.75, 3.05) is 45.9 Å². The lowest BCUT2D eigenvalue weighted by Crippen LogP contribution is -2.52. The molecule has 0 bridgehead atoms. The molecule has 24 heavy (non-hydrogen) atoms. The van der Waals surface area contributed by atoms with Crippen molar-refractivity contribution in [3.05, 3.63) is 22.6 Å². The molecule has 7 nitrogen and oxygen atoms in total. The first-order chi connectivity index (χ1) is 11.6. The van der Waals surface area contributed by atoms with Crippen LogP contribution in [0.5, 0.6) is 0 Å². The van der Waals surface area contributed by atoms with Gasteiger partial charge in [-0.2, -0.15) is 0 Å². The van der Waals surface area contributed by atoms with Crippen molar-refractivity contribution in [1.82, 2.24) is 15.1 Å². The van der Waals surface area contributed by atoms with Gasteiger partial charge in [-0.25, -0.2) is 0 Å². The molecule has 0 aliphatic carbocycles. The fourth-order valence-corrected chi connectivity index (χ4v) is 3.35. The number of halogens is 1. The van der Waals surface area contributed by atoms with Gasteiger partial charge in [-0.05, 0) is 40.9 Å². The zero-order chi connectivity index (χ0) is 16.9. The molecule has 2 amide bonds. The second-order valence-electron chi connectivity index (χ2n) is 6.10. The maximum atomic E-state index is 12.2. The van der Waals surface area contributed by atoms with Crippen LogP contribution in [0.3, 0.4) is 0 Å². The Bertz CT molecular complexity index is 578. The Kier molecular flexibility index (Phi) is 5.91. The van der Waals surface area contributed by atoms with Crippen molar-refractivity contribution in [2.45, 2.75) is 18.9 Å². The molecule has 2 fully saturated rings. The van der Waals surface area contributed by atoms with Gasteiger partial charge in [-0.1, -0.05) is 0 Å². The molecule has 0 spiro atoms. The van der Waals surface area contributed by atoms with Crippen molar-refractivity contribution in [2.24, 2.45) is 0 Å². The fraction of sp³-hybridized carbons (Fsp3) is 0.625. The fourth-order valence-electron chi connectivity index (χ4n) is 3.05. The number of carbonyl (C=O) groups is 2. The van der Waals surface area contributed by atoms with E-state index >= 15 is 0 Å². The Morgan fingerprint density at radius 1 is 1.25 bits per heavy atom. The minimum absolute atomic E-state index is 0.0110. The van der Waals surface area contributed by atoms with Gasteiger partial charge in [-0.15, -0.1) is 0 Å². The normalized spacial score (nSPS) is 21.9. The summed E-state index contributed by atoms with van der Waals surface area (Å²) in [6, 6.07) is 3.21. The third kappa shape index (κ3) is 4.58. The van der Waals surface area contributed by atoms with E-state index in [0.717, 1.165) is 39.1 Å². The van der Waals surface area contributed by atoms with Crippen molar-refractivity contribution in [3.63, 3.8) is 0 Å². The topological polar surface area (TPSA) is 75.0 Å². The molecule has 1 N–H and O–H groups in total. The van der Waals surface area contributed by atoms with Gasteiger partial charge in [0.2, 0.25) is 5.91 Å². The zero-order valence-corrected chi connectivity index (χ0v) is 15.1. The van der Waals surface area contributed by atoms with E-state index in [1.165, 1.54) is 0 Å². The van der Waals surface area contributed by atoms with Gasteiger partial charge in [-0.3, -0.25) is 14.5 Å². The molecule has 1 aromatic rings. The Hall–Kier alpha value is -1.38. The van der Waals surface area contributed by atoms with Gasteiger partial charge >= 0.3 is 0 Å². The molecule has 0 radical (unpaired) electrons. The third-order valence-electron chi connectivity index (χ3n) is 4.41. The van der Waals surface area contributed by atoms with E-state index in [1.807, 2.05) is 0 Å². The molecule has 1 aromatic heterocycles. The van der Waals surface area contributed by atoms with E-state index in [1.54, 1.807) is 17.0 Å². The minimum atomic E-state index is -0.383. The van der Waals surface area contributed by atoms with Gasteiger partial charge < -0.3 is 19.4 Å². The van der Waals surface area contributed by atoms with Crippen LogP contribution in [-0.4, -0.2) is 73.6 Å². The lowest BCUT2D eigenvalue weighted by Gasteiger charge is -2.35. The number of piperazine rings is 1. The molecule has 2 aliphatic rings. The molecule has 2 aliphatic heterocycles. The maximum absolute atomic E-state index is 12.2. The minimum Gasteiger partial charge on any atom is -0.444 e. The summed E-state index contributed by atoms with van der Waals surface area (Å²) in [5.74, 6) is -0.257. The summed E-state index contributed by atoms with van der Waals surface area (Å²) >= 11 is 3.14. The van der Waals surface area contributed by atoms with Crippen LogP contribution in [0.15, 0.2) is 21.2 Å². The second-order valence-corrected chi connectivity index (χ2v) is 6.88. The molecule has 8 heteroatoms. The van der Waals surface area contributed by atoms with Crippen LogP contribution in [0.4, 0.5) is 0 Å². The second kappa shape index (κ2) is 8.13. The van der Waals surface area contributed by atoms with Crippen molar-refractivity contribution in [1.29, 1.82) is 0 Å². The quantitative estimate of drug-likeness (QED) is 0.801. The highest BCUT2D eigenvalue weighted by Gasteiger charge is 2.25. The number of hydrogen-bond donors (Lipinski definition) is 1. The Labute approximate surface area is 149 Å². The summed E-state index contributed by atoms with van der Waals surface area (Å²) in [5.41, 5.74) is 0. The number of carbonyl (C=O) groups excluding carboxylic acids is 2. The smallest absolute Gasteiger partial charge is 0.287 e. The predicted molar refractivity (Wildman–Crippen MR) is 90.7 cm³/mol. The summed E-state index contributed by atoms with van der Waals surface area (Å²) in [5, 5.41) is 2.60. The maximum Gasteiger partial charge on any atom is 0.287 e. The third-order valence-corrected chi connectivity index (χ3v) is 4.83. The number of furan rings is 1. The predicted octanol–water partition coefficient (Wildman–Crippen LogP) is 1.10. The highest BCUT2D eigenvalue weighted by Crippen LogP contribution is 2.15. The lowest BCUT2D eigenvalue weighted by molar-refractivity contribution is -0.132. The molecular weight excluding hydrogens is 378 g/mol. The van der Waals surface area contributed by atoms with Gasteiger partial charge in [0, 0.05) is 39.3 Å². The number of amides is 2. The molecule has 3 rings (SSSR count). The van der Waals surface area contributed by atoms with Crippen molar-refractivity contribution >= 4 is 27.7 Å². The van der Waals surface area contributed by atoms with Crippen LogP contribution in [0.1, 0.15) is 23.4 Å². The largest absolute Gasteiger partial charge is 0.444 e. The van der Waals surface area contributed by atoms with Crippen molar-refractivity contribution in [3.8, 4) is 0 Å². The number of rotatable bonds is 5. The van der Waals surface area contributed by atoms with Crippen LogP contribution in [0.2, 0.25) is 0 Å². The van der Waals surface area contributed by atoms with Crippen molar-refractivity contribution < 1.29 is 18.7 Å². The van der Waals surface area contributed by atoms with Gasteiger partial charge in [0.1, 0.15) is 0 Å². The SMILES string of the molecule is O=C(NCC(=O)N1CCN(C[C@@H]2CCCO2)CC1)c1ccc(Br)o1. The van der Waals surface area contributed by atoms with E-state index in [9.17, 15) is 9.59 Å². The summed E-state index contributed by atoms with van der Waals surface area (Å²) in [7, 11) is 0. The molecule has 0 saturated carbocycles. The number of hydrogen-bond acceptors (Lipinski definition) is 5. The zero-order valence-electron chi connectivity index (χ0n) is 13.5. The Morgan fingerprint density at radius 3 is 2.67 bits per heavy atom. The van der Waals surface area contributed by atoms with Crippen LogP contribution >= 0.6 is 15.9 Å². The molecule has 0 aromatic carbocycles. The molecule has 3 heterocycles. The molecule has 2 saturated heterocycles. The number of ether oxygens (including phenoxy) is 1. The summed E-state index contributed by atoms with van der Waals surface area (Å²) in [6.07, 6.45) is 2.63. The number of nitrogens with one attached hydrogen (secondary N) is 1. The van der Waals surface area contributed by atoms with Gasteiger partial charge in [0.15, 0.2) is 10.4 Å². The highest BCUT2D eigenvalue weighted by molar-refractivity contribution is 9.10. The monoisotopic (exact) mass is 399 g/mol. The first-order valence-electron chi connectivity index (χ1n) is 8.27. The summed E-state index contributed by atoms with van der Waals surface area (Å²) in [4.78, 5) is 28.2. The van der Waals surface area contributed by atoms with E-state index in [4.69, 9.17) is 9.15 Å². The van der Waals surface area contributed by atoms with Crippen LogP contribution in [-0.2, 0) is 9.53 Å². The van der Waals surface area contributed by atoms with E-state index in [0.29, 0.717) is 23.9 Å². The van der Waals surface area contributed by atoms with E-state index in [2.05, 4.69) is 26.1 Å². The van der Waals surface area contributed by atoms with Gasteiger partial charge in [0.25, 0.3) is 5.91 Å². The van der Waals surface area contributed by atoms with Crippen LogP contribution < -0.4 is 5.32 Å². The first-order valence-corrected chi connectivity index (χ1v) is 9.06. The van der Waals surface area contributed by atoms with Gasteiger partial charge in [0.05, 0.1) is 12.6 Å². The average Bonchev–Trinajstić information content (AvgIpc) is 3.24. The summed E-state index contributed by atoms with van der Waals surface area (Å²) < 4.78 is 11.3. The molecule has 1 atom stereocenters. The Morgan fingerprint density at radius 2 is 2.04 bits per heavy atom. The molecule has 0 unspecified atom stereocenters. The van der Waals surface area contributed by atoms with Crippen LogP contribution in [0, 0.1) is 0 Å². The summed E-state index contributed by atoms with van der Waals surface area (Å²) in [6.45, 7) is 4.89. The molecular formula is C16H22BrN3O4. The first kappa shape index (κ1) is 17.4. The van der Waals surface area contributed by atoms with E-state index < -0.39 is 0 Å². The average molecular weight is 400 g/mol. The van der Waals surface area contributed by atoms with Crippen LogP contribution in [0.25, 0.3) is 0 Å². The number of nitrogens with zero attached hydrogens (tertiary/aromatic N) is 2. The Balaban J connectivity index is 1.38. The van der Waals surface area contributed by atoms with E-state index in [-0.39, 0.29) is 24.1 Å². The standard InChI is InChI=1S/C16H22BrN3O4/c17-14-4-3-13(24-14)16(22)18-10-15(21)20-7-5-19(6-8-20)11-12-2-1-9-23-12/h3-4,12H,1-2,5-11H2,(H,18,22)/t12-/m0/s1.